The summed E-state index contributed by atoms with van der Waals surface area (Å²) in [6.07, 6.45) is 2.43. The van der Waals surface area contributed by atoms with Gasteiger partial charge in [-0.25, -0.2) is 0 Å². The largest absolute Gasteiger partial charge is 0.573 e. The third kappa shape index (κ3) is 11.9. The van der Waals surface area contributed by atoms with Gasteiger partial charge in [-0.1, -0.05) is 17.8 Å². The predicted octanol–water partition coefficient (Wildman–Crippen LogP) is 10.4. The van der Waals surface area contributed by atoms with Crippen LogP contribution in [0.5, 0.6) is 11.5 Å². The zero-order valence-corrected chi connectivity index (χ0v) is 30.9. The summed E-state index contributed by atoms with van der Waals surface area (Å²) in [5, 5.41) is 0. The number of terminal acetylenes is 1. The van der Waals surface area contributed by atoms with E-state index in [9.17, 15) is 26.3 Å². The lowest BCUT2D eigenvalue weighted by Gasteiger charge is -2.12. The van der Waals surface area contributed by atoms with E-state index < -0.39 is 12.7 Å². The van der Waals surface area contributed by atoms with Crippen molar-refractivity contribution in [1.82, 2.24) is 19.1 Å². The molecule has 53 heavy (non-hydrogen) atoms. The number of benzene rings is 2. The highest BCUT2D eigenvalue weighted by Gasteiger charge is 2.31. The fourth-order valence-electron chi connectivity index (χ4n) is 5.02. The Morgan fingerprint density at radius 3 is 1.38 bits per heavy atom. The third-order valence-electron chi connectivity index (χ3n) is 7.33. The highest BCUT2D eigenvalue weighted by atomic mass is 127. The molecule has 4 aromatic heterocycles. The van der Waals surface area contributed by atoms with Gasteiger partial charge in [-0.15, -0.1) is 32.8 Å². The van der Waals surface area contributed by atoms with Crippen molar-refractivity contribution in [2.24, 2.45) is 0 Å². The number of hydrogen-bond donors (Lipinski definition) is 0. The summed E-state index contributed by atoms with van der Waals surface area (Å²) in [5.41, 5.74) is 8.08. The molecule has 0 amide bonds. The average Bonchev–Trinajstić information content (AvgIpc) is 3.54. The Bertz CT molecular complexity index is 2210. The van der Waals surface area contributed by atoms with Crippen LogP contribution < -0.4 is 9.47 Å². The summed E-state index contributed by atoms with van der Waals surface area (Å²) in [4.78, 5) is 7.75. The molecule has 0 saturated heterocycles. The fraction of sp³-hybridized carbons (Fsp3) is 0.150. The van der Waals surface area contributed by atoms with Crippen LogP contribution in [0.4, 0.5) is 26.3 Å². The van der Waals surface area contributed by atoms with E-state index in [1.54, 1.807) is 61.2 Å². The molecule has 0 radical (unpaired) electrons. The van der Waals surface area contributed by atoms with Gasteiger partial charge in [0.25, 0.3) is 0 Å². The number of hydrogen-bond acceptors (Lipinski definition) is 4. The Morgan fingerprint density at radius 2 is 1.00 bits per heavy atom. The Hall–Kier alpha value is -5.67. The lowest BCUT2D eigenvalue weighted by atomic mass is 10.2. The van der Waals surface area contributed by atoms with E-state index in [2.05, 4.69) is 59.8 Å². The molecule has 0 spiro atoms. The Morgan fingerprint density at radius 1 is 0.585 bits per heavy atom. The molecule has 272 valence electrons. The number of rotatable bonds is 4. The van der Waals surface area contributed by atoms with Crippen LogP contribution in [0.15, 0.2) is 110 Å². The van der Waals surface area contributed by atoms with E-state index in [0.717, 1.165) is 54.4 Å². The van der Waals surface area contributed by atoms with E-state index in [-0.39, 0.29) is 11.5 Å². The van der Waals surface area contributed by atoms with Crippen LogP contribution in [0.1, 0.15) is 39.5 Å². The van der Waals surface area contributed by atoms with Gasteiger partial charge in [-0.05, 0) is 135 Å². The molecule has 0 N–H and O–H groups in total. The average molecular weight is 841 g/mol. The smallest absolute Gasteiger partial charge is 0.406 e. The highest BCUT2D eigenvalue weighted by molar-refractivity contribution is 14.1. The van der Waals surface area contributed by atoms with E-state index in [1.807, 2.05) is 61.1 Å². The quantitative estimate of drug-likeness (QED) is 0.101. The van der Waals surface area contributed by atoms with Crippen LogP contribution in [-0.2, 0) is 0 Å². The second-order valence-corrected chi connectivity index (χ2v) is 12.3. The second-order valence-electron chi connectivity index (χ2n) is 11.1. The number of alkyl halides is 6. The number of ether oxygens (including phenoxy) is 2. The van der Waals surface area contributed by atoms with E-state index in [4.69, 9.17) is 6.42 Å². The van der Waals surface area contributed by atoms with Crippen molar-refractivity contribution in [1.29, 1.82) is 0 Å². The van der Waals surface area contributed by atoms with E-state index in [1.165, 1.54) is 24.3 Å². The zero-order chi connectivity index (χ0) is 38.8. The first kappa shape index (κ1) is 40.1. The van der Waals surface area contributed by atoms with Crippen molar-refractivity contribution in [3.63, 3.8) is 0 Å². The van der Waals surface area contributed by atoms with Gasteiger partial charge >= 0.3 is 12.7 Å². The highest BCUT2D eigenvalue weighted by Crippen LogP contribution is 2.28. The van der Waals surface area contributed by atoms with Gasteiger partial charge < -0.3 is 18.6 Å². The summed E-state index contributed by atoms with van der Waals surface area (Å²) in [5.74, 6) is 8.23. The SMILES string of the molecule is C#Cc1ccncc1.Cc1cc(C#Cc2ccncc2)c(C)n1-c1ccc(OC(F)(F)F)cc1.Cc1cc(I)c(C)n1-c1ccc(OC(F)(F)F)cc1. The van der Waals surface area contributed by atoms with Crippen molar-refractivity contribution >= 4 is 22.6 Å². The molecule has 0 fully saturated rings. The number of aromatic nitrogens is 4. The molecule has 0 unspecified atom stereocenters. The van der Waals surface area contributed by atoms with Crippen LogP contribution >= 0.6 is 22.6 Å². The van der Waals surface area contributed by atoms with Crippen molar-refractivity contribution in [2.75, 3.05) is 0 Å². The summed E-state index contributed by atoms with van der Waals surface area (Å²) >= 11 is 2.23. The predicted molar refractivity (Wildman–Crippen MR) is 199 cm³/mol. The fourth-order valence-corrected chi connectivity index (χ4v) is 5.72. The molecular formula is C40H31F6IN4O2. The molecule has 6 aromatic rings. The molecule has 4 heterocycles. The van der Waals surface area contributed by atoms with Gasteiger partial charge in [0.15, 0.2) is 0 Å². The Balaban J connectivity index is 0.000000202. The van der Waals surface area contributed by atoms with Crippen LogP contribution in [0, 0.1) is 55.4 Å². The summed E-state index contributed by atoms with van der Waals surface area (Å²) in [7, 11) is 0. The molecule has 2 aromatic carbocycles. The summed E-state index contributed by atoms with van der Waals surface area (Å²) < 4.78 is 85.8. The van der Waals surface area contributed by atoms with Gasteiger partial charge in [0.05, 0.1) is 0 Å². The molecular weight excluding hydrogens is 809 g/mol. The minimum atomic E-state index is -4.70. The molecule has 0 bridgehead atoms. The number of aryl methyl sites for hydroxylation is 2. The number of halogens is 7. The maximum Gasteiger partial charge on any atom is 0.573 e. The van der Waals surface area contributed by atoms with Crippen LogP contribution in [-0.4, -0.2) is 31.8 Å². The molecule has 0 aliphatic heterocycles. The molecule has 6 rings (SSSR count). The van der Waals surface area contributed by atoms with Crippen molar-refractivity contribution in [2.45, 2.75) is 40.4 Å². The van der Waals surface area contributed by atoms with Crippen molar-refractivity contribution in [3.05, 3.63) is 153 Å². The maximum absolute atomic E-state index is 12.3. The standard InChI is InChI=1S/C20H15F3N2O.C13H11F3INO.C7H5N/c1-14-13-17(4-3-16-9-11-24-12-10-16)15(2)25(14)18-5-7-19(8-6-18)26-20(21,22)23;1-8-7-12(17)9(2)18(8)10-3-5-11(6-4-10)19-13(14,15)16;1-2-7-3-5-8-6-4-7/h5-13H,1-2H3;3-7H,1-2H3;1,3-6H. The van der Waals surface area contributed by atoms with Crippen LogP contribution in [0.2, 0.25) is 0 Å². The third-order valence-corrected chi connectivity index (χ3v) is 8.42. The van der Waals surface area contributed by atoms with Crippen LogP contribution in [0.25, 0.3) is 11.4 Å². The molecule has 6 nitrogen and oxygen atoms in total. The first-order chi connectivity index (χ1) is 25.0. The number of pyridine rings is 2. The molecule has 13 heteroatoms. The summed E-state index contributed by atoms with van der Waals surface area (Å²) in [6, 6.07) is 22.8. The van der Waals surface area contributed by atoms with Gasteiger partial charge in [-0.3, -0.25) is 9.97 Å². The van der Waals surface area contributed by atoms with E-state index in [0.29, 0.717) is 0 Å². The second kappa shape index (κ2) is 17.7. The Kier molecular flexibility index (Phi) is 13.4. The van der Waals surface area contributed by atoms with Gasteiger partial charge in [0.1, 0.15) is 11.5 Å². The minimum absolute atomic E-state index is 0.214. The molecule has 0 saturated carbocycles. The topological polar surface area (TPSA) is 54.1 Å². The first-order valence-electron chi connectivity index (χ1n) is 15.6. The van der Waals surface area contributed by atoms with Gasteiger partial charge in [0.2, 0.25) is 0 Å². The summed E-state index contributed by atoms with van der Waals surface area (Å²) in [6.45, 7) is 7.76. The van der Waals surface area contributed by atoms with E-state index >= 15 is 0 Å². The number of nitrogens with zero attached hydrogens (tertiary/aromatic N) is 4. The lowest BCUT2D eigenvalue weighted by Crippen LogP contribution is -2.17. The van der Waals surface area contributed by atoms with Crippen molar-refractivity contribution < 1.29 is 35.8 Å². The maximum atomic E-state index is 12.3. The Labute approximate surface area is 316 Å². The van der Waals surface area contributed by atoms with Gasteiger partial charge in [0, 0.05) is 79.2 Å². The molecule has 0 atom stereocenters. The zero-order valence-electron chi connectivity index (χ0n) is 28.7. The van der Waals surface area contributed by atoms with Gasteiger partial charge in [-0.2, -0.15) is 0 Å². The molecule has 0 aliphatic rings. The normalized spacial score (nSPS) is 10.8. The van der Waals surface area contributed by atoms with Crippen LogP contribution in [0.3, 0.4) is 0 Å². The monoisotopic (exact) mass is 840 g/mol. The lowest BCUT2D eigenvalue weighted by molar-refractivity contribution is -0.275. The molecule has 0 aliphatic carbocycles. The minimum Gasteiger partial charge on any atom is -0.406 e. The van der Waals surface area contributed by atoms with Crippen molar-refractivity contribution in [3.8, 4) is 47.1 Å². The first-order valence-corrected chi connectivity index (χ1v) is 16.7.